The first-order valence-electron chi connectivity index (χ1n) is 12.0. The zero-order valence-electron chi connectivity index (χ0n) is 19.1. The maximum Gasteiger partial charge on any atom is 0.0223 e. The van der Waals surface area contributed by atoms with Crippen LogP contribution in [0.5, 0.6) is 0 Å². The quantitative estimate of drug-likeness (QED) is 0.255. The molecule has 164 valence electrons. The van der Waals surface area contributed by atoms with Gasteiger partial charge in [0.15, 0.2) is 0 Å². The number of halogens is 1. The fraction of sp³-hybridized carbons (Fsp3) is 0.769. The van der Waals surface area contributed by atoms with Gasteiger partial charge in [0.05, 0.1) is 0 Å². The Morgan fingerprint density at radius 1 is 0.679 bits per heavy atom. The maximum absolute atomic E-state index is 7.02. The Labute approximate surface area is 182 Å². The van der Waals surface area contributed by atoms with Gasteiger partial charge in [-0.05, 0) is 24.8 Å². The molecule has 0 saturated heterocycles. The molecule has 1 nitrogen and oxygen atoms in total. The predicted molar refractivity (Wildman–Crippen MR) is 130 cm³/mol. The van der Waals surface area contributed by atoms with Crippen molar-refractivity contribution in [2.75, 3.05) is 0 Å². The lowest BCUT2D eigenvalue weighted by Gasteiger charge is -2.38. The molecule has 0 aliphatic rings. The maximum atomic E-state index is 7.02. The molecule has 1 aromatic rings. The van der Waals surface area contributed by atoms with Crippen LogP contribution in [0.25, 0.3) is 0 Å². The van der Waals surface area contributed by atoms with Crippen molar-refractivity contribution in [2.24, 2.45) is 5.73 Å². The van der Waals surface area contributed by atoms with Crippen LogP contribution in [0.15, 0.2) is 30.3 Å². The molecule has 0 aliphatic heterocycles. The second-order valence-corrected chi connectivity index (χ2v) is 8.67. The van der Waals surface area contributed by atoms with Gasteiger partial charge in [-0.15, -0.1) is 12.4 Å². The van der Waals surface area contributed by atoms with Gasteiger partial charge in [0.25, 0.3) is 0 Å². The predicted octanol–water partition coefficient (Wildman–Crippen LogP) is 8.80. The van der Waals surface area contributed by atoms with Crippen molar-refractivity contribution >= 4 is 12.4 Å². The molecular weight excluding hydrogens is 362 g/mol. The van der Waals surface area contributed by atoms with E-state index in [1.807, 2.05) is 0 Å². The van der Waals surface area contributed by atoms with Crippen molar-refractivity contribution in [3.63, 3.8) is 0 Å². The standard InChI is InChI=1S/C26H47N.ClH/c1-4-7-8-9-10-11-12-13-14-18-21-25(24-19-16-15-17-20-24)26(27,22-5-2)23-6-3;/h15-17,19-20,25H,4-14,18,21-23,27H2,1-3H3;1H. The molecule has 1 rings (SSSR count). The minimum Gasteiger partial charge on any atom is -0.325 e. The van der Waals surface area contributed by atoms with Crippen LogP contribution in [0, 0.1) is 0 Å². The Morgan fingerprint density at radius 2 is 1.14 bits per heavy atom. The molecule has 0 spiro atoms. The van der Waals surface area contributed by atoms with E-state index in [0.717, 1.165) is 12.8 Å². The van der Waals surface area contributed by atoms with E-state index in [2.05, 4.69) is 51.1 Å². The second kappa shape index (κ2) is 17.3. The van der Waals surface area contributed by atoms with Crippen molar-refractivity contribution in [1.29, 1.82) is 0 Å². The highest BCUT2D eigenvalue weighted by Gasteiger charge is 2.33. The number of benzene rings is 1. The summed E-state index contributed by atoms with van der Waals surface area (Å²) < 4.78 is 0. The summed E-state index contributed by atoms with van der Waals surface area (Å²) in [6.45, 7) is 6.85. The van der Waals surface area contributed by atoms with E-state index < -0.39 is 0 Å². The highest BCUT2D eigenvalue weighted by Crippen LogP contribution is 2.37. The zero-order valence-corrected chi connectivity index (χ0v) is 19.9. The minimum absolute atomic E-state index is 0. The van der Waals surface area contributed by atoms with Gasteiger partial charge >= 0.3 is 0 Å². The summed E-state index contributed by atoms with van der Waals surface area (Å²) in [5.41, 5.74) is 8.43. The van der Waals surface area contributed by atoms with Crippen LogP contribution in [-0.4, -0.2) is 5.54 Å². The van der Waals surface area contributed by atoms with Crippen LogP contribution < -0.4 is 5.73 Å². The fourth-order valence-electron chi connectivity index (χ4n) is 4.71. The smallest absolute Gasteiger partial charge is 0.0223 e. The Bertz CT molecular complexity index is 439. The summed E-state index contributed by atoms with van der Waals surface area (Å²) in [5.74, 6) is 0.507. The minimum atomic E-state index is -0.0376. The molecular formula is C26H48ClN. The summed E-state index contributed by atoms with van der Waals surface area (Å²) in [6.07, 6.45) is 19.9. The molecule has 28 heavy (non-hydrogen) atoms. The van der Waals surface area contributed by atoms with Gasteiger partial charge in [-0.3, -0.25) is 0 Å². The molecule has 2 N–H and O–H groups in total. The first-order chi connectivity index (χ1) is 13.2. The third-order valence-corrected chi connectivity index (χ3v) is 6.17. The lowest BCUT2D eigenvalue weighted by Crippen LogP contribution is -2.45. The average Bonchev–Trinajstić information content (AvgIpc) is 2.67. The fourth-order valence-corrected chi connectivity index (χ4v) is 4.71. The Morgan fingerprint density at radius 3 is 1.61 bits per heavy atom. The molecule has 0 fully saturated rings. The van der Waals surface area contributed by atoms with Gasteiger partial charge in [0, 0.05) is 11.5 Å². The third kappa shape index (κ3) is 10.9. The average molecular weight is 410 g/mol. The van der Waals surface area contributed by atoms with Gasteiger partial charge < -0.3 is 5.73 Å². The molecule has 1 unspecified atom stereocenters. The van der Waals surface area contributed by atoms with E-state index >= 15 is 0 Å². The monoisotopic (exact) mass is 409 g/mol. The highest BCUT2D eigenvalue weighted by molar-refractivity contribution is 5.85. The van der Waals surface area contributed by atoms with Crippen LogP contribution in [0.4, 0.5) is 0 Å². The van der Waals surface area contributed by atoms with Gasteiger partial charge in [-0.25, -0.2) is 0 Å². The van der Waals surface area contributed by atoms with Crippen LogP contribution >= 0.6 is 12.4 Å². The summed E-state index contributed by atoms with van der Waals surface area (Å²) >= 11 is 0. The topological polar surface area (TPSA) is 26.0 Å². The van der Waals surface area contributed by atoms with Gasteiger partial charge in [-0.1, -0.05) is 128 Å². The first kappa shape index (κ1) is 27.5. The van der Waals surface area contributed by atoms with Crippen LogP contribution in [0.3, 0.4) is 0 Å². The molecule has 0 saturated carbocycles. The normalized spacial score (nSPS) is 12.6. The molecule has 0 amide bonds. The van der Waals surface area contributed by atoms with Crippen LogP contribution in [-0.2, 0) is 0 Å². The SMILES string of the molecule is CCCCCCCCCCCCC(c1ccccc1)C(N)(CCC)CCC.Cl. The molecule has 0 aliphatic carbocycles. The molecule has 0 radical (unpaired) electrons. The van der Waals surface area contributed by atoms with Gasteiger partial charge in [-0.2, -0.15) is 0 Å². The largest absolute Gasteiger partial charge is 0.325 e. The molecule has 1 atom stereocenters. The van der Waals surface area contributed by atoms with Gasteiger partial charge in [0.2, 0.25) is 0 Å². The number of rotatable bonds is 17. The van der Waals surface area contributed by atoms with Crippen LogP contribution in [0.1, 0.15) is 129 Å². The first-order valence-corrected chi connectivity index (χ1v) is 12.0. The molecule has 1 aromatic carbocycles. The Hall–Kier alpha value is -0.530. The Balaban J connectivity index is 0.00000729. The van der Waals surface area contributed by atoms with Crippen LogP contribution in [0.2, 0.25) is 0 Å². The van der Waals surface area contributed by atoms with E-state index in [9.17, 15) is 0 Å². The van der Waals surface area contributed by atoms with E-state index in [0.29, 0.717) is 5.92 Å². The lowest BCUT2D eigenvalue weighted by atomic mass is 9.72. The summed E-state index contributed by atoms with van der Waals surface area (Å²) in [4.78, 5) is 0. The van der Waals surface area contributed by atoms with E-state index in [1.165, 1.54) is 89.0 Å². The summed E-state index contributed by atoms with van der Waals surface area (Å²) in [5, 5.41) is 0. The Kier molecular flexibility index (Phi) is 17.0. The number of hydrogen-bond donors (Lipinski definition) is 1. The molecule has 2 heteroatoms. The number of nitrogens with two attached hydrogens (primary N) is 1. The second-order valence-electron chi connectivity index (χ2n) is 8.67. The highest BCUT2D eigenvalue weighted by atomic mass is 35.5. The molecule has 0 heterocycles. The van der Waals surface area contributed by atoms with Crippen molar-refractivity contribution in [3.05, 3.63) is 35.9 Å². The molecule has 0 aromatic heterocycles. The van der Waals surface area contributed by atoms with E-state index in [-0.39, 0.29) is 17.9 Å². The number of unbranched alkanes of at least 4 members (excludes halogenated alkanes) is 9. The summed E-state index contributed by atoms with van der Waals surface area (Å²) in [6, 6.07) is 11.1. The van der Waals surface area contributed by atoms with E-state index in [4.69, 9.17) is 5.73 Å². The third-order valence-electron chi connectivity index (χ3n) is 6.17. The van der Waals surface area contributed by atoms with Crippen molar-refractivity contribution in [3.8, 4) is 0 Å². The summed E-state index contributed by atoms with van der Waals surface area (Å²) in [7, 11) is 0. The number of hydrogen-bond acceptors (Lipinski definition) is 1. The van der Waals surface area contributed by atoms with Crippen molar-refractivity contribution < 1.29 is 0 Å². The van der Waals surface area contributed by atoms with Gasteiger partial charge in [0.1, 0.15) is 0 Å². The van der Waals surface area contributed by atoms with Crippen molar-refractivity contribution in [2.45, 2.75) is 129 Å². The van der Waals surface area contributed by atoms with E-state index in [1.54, 1.807) is 0 Å². The molecule has 0 bridgehead atoms. The van der Waals surface area contributed by atoms with Crippen molar-refractivity contribution in [1.82, 2.24) is 0 Å². The lowest BCUT2D eigenvalue weighted by molar-refractivity contribution is 0.275. The zero-order chi connectivity index (χ0) is 19.8.